The first kappa shape index (κ1) is 19.0. The Kier molecular flexibility index (Phi) is 5.44. The van der Waals surface area contributed by atoms with E-state index in [1.165, 1.54) is 12.1 Å². The Hall–Kier alpha value is -3.38. The van der Waals surface area contributed by atoms with Crippen LogP contribution in [-0.2, 0) is 13.1 Å². The molecule has 0 saturated carbocycles. The zero-order valence-corrected chi connectivity index (χ0v) is 16.0. The van der Waals surface area contributed by atoms with E-state index in [-0.39, 0.29) is 24.8 Å². The van der Waals surface area contributed by atoms with E-state index in [1.54, 1.807) is 65.8 Å². The number of aromatic nitrogens is 1. The van der Waals surface area contributed by atoms with Gasteiger partial charge in [0.1, 0.15) is 17.3 Å². The Bertz CT molecular complexity index is 1090. The highest BCUT2D eigenvalue weighted by Crippen LogP contribution is 2.22. The van der Waals surface area contributed by atoms with Crippen LogP contribution in [0.5, 0.6) is 0 Å². The molecule has 0 bridgehead atoms. The number of carbonyl (C=O) groups is 1. The zero-order valence-electron chi connectivity index (χ0n) is 15.2. The van der Waals surface area contributed by atoms with Crippen LogP contribution in [-0.4, -0.2) is 16.0 Å². The molecule has 2 heterocycles. The highest BCUT2D eigenvalue weighted by Gasteiger charge is 2.20. The van der Waals surface area contributed by atoms with Crippen LogP contribution in [0, 0.1) is 5.82 Å². The van der Waals surface area contributed by atoms with Gasteiger partial charge >= 0.3 is 0 Å². The van der Waals surface area contributed by atoms with Crippen LogP contribution in [0.1, 0.15) is 21.8 Å². The van der Waals surface area contributed by atoms with Crippen molar-refractivity contribution < 1.29 is 18.1 Å². The molecule has 29 heavy (non-hydrogen) atoms. The van der Waals surface area contributed by atoms with Gasteiger partial charge < -0.3 is 13.8 Å². The van der Waals surface area contributed by atoms with Crippen molar-refractivity contribution in [2.75, 3.05) is 0 Å². The minimum atomic E-state index is -0.327. The van der Waals surface area contributed by atoms with E-state index in [9.17, 15) is 9.18 Å². The summed E-state index contributed by atoms with van der Waals surface area (Å²) in [6.07, 6.45) is 1.56. The molecule has 0 atom stereocenters. The summed E-state index contributed by atoms with van der Waals surface area (Å²) in [4.78, 5) is 14.6. The second-order valence-corrected chi connectivity index (χ2v) is 6.87. The fraction of sp³-hybridized carbons (Fsp3) is 0.0909. The normalized spacial score (nSPS) is 10.8. The molecule has 4 rings (SSSR count). The number of benzene rings is 2. The summed E-state index contributed by atoms with van der Waals surface area (Å²) in [6.45, 7) is 0.486. The van der Waals surface area contributed by atoms with Crippen LogP contribution in [0.25, 0.3) is 11.3 Å². The summed E-state index contributed by atoms with van der Waals surface area (Å²) in [5.74, 6) is 0.627. The largest absolute Gasteiger partial charge is 0.467 e. The first-order valence-corrected chi connectivity index (χ1v) is 9.25. The summed E-state index contributed by atoms with van der Waals surface area (Å²) in [7, 11) is 0. The molecule has 1 amide bonds. The molecule has 0 aliphatic carbocycles. The minimum absolute atomic E-state index is 0.190. The van der Waals surface area contributed by atoms with Crippen molar-refractivity contribution in [2.24, 2.45) is 0 Å². The van der Waals surface area contributed by atoms with Crippen molar-refractivity contribution in [1.29, 1.82) is 0 Å². The van der Waals surface area contributed by atoms with Gasteiger partial charge in [-0.15, -0.1) is 0 Å². The Morgan fingerprint density at radius 3 is 2.48 bits per heavy atom. The van der Waals surface area contributed by atoms with Crippen LogP contribution in [0.15, 0.2) is 81.9 Å². The number of furan rings is 1. The van der Waals surface area contributed by atoms with E-state index in [0.717, 1.165) is 0 Å². The second-order valence-electron chi connectivity index (χ2n) is 6.44. The predicted molar refractivity (Wildman–Crippen MR) is 106 cm³/mol. The highest BCUT2D eigenvalue weighted by atomic mass is 35.5. The summed E-state index contributed by atoms with van der Waals surface area (Å²) < 4.78 is 23.9. The lowest BCUT2D eigenvalue weighted by Gasteiger charge is -2.20. The lowest BCUT2D eigenvalue weighted by Crippen LogP contribution is -2.30. The van der Waals surface area contributed by atoms with E-state index in [0.29, 0.717) is 33.4 Å². The highest BCUT2D eigenvalue weighted by molar-refractivity contribution is 6.30. The van der Waals surface area contributed by atoms with E-state index < -0.39 is 0 Å². The van der Waals surface area contributed by atoms with Gasteiger partial charge in [-0.05, 0) is 60.7 Å². The third kappa shape index (κ3) is 4.55. The van der Waals surface area contributed by atoms with Gasteiger partial charge in [0, 0.05) is 22.2 Å². The number of amides is 1. The van der Waals surface area contributed by atoms with Crippen LogP contribution in [0.3, 0.4) is 0 Å². The van der Waals surface area contributed by atoms with Gasteiger partial charge in [-0.1, -0.05) is 16.8 Å². The Labute approximate surface area is 171 Å². The molecule has 0 N–H and O–H groups in total. The lowest BCUT2D eigenvalue weighted by molar-refractivity contribution is 0.0714. The van der Waals surface area contributed by atoms with E-state index in [4.69, 9.17) is 20.5 Å². The summed E-state index contributed by atoms with van der Waals surface area (Å²) in [5.41, 5.74) is 1.77. The number of carbonyl (C=O) groups excluding carboxylic acids is 1. The standard InChI is InChI=1S/C22H16ClFN2O3/c23-17-7-3-16(4-8-17)22(27)26(14-20-2-1-11-28-20)13-19-12-21(29-25-19)15-5-9-18(24)10-6-15/h1-12H,13-14H2. The second kappa shape index (κ2) is 8.32. The maximum Gasteiger partial charge on any atom is 0.254 e. The Balaban J connectivity index is 1.57. The number of halogens is 2. The smallest absolute Gasteiger partial charge is 0.254 e. The van der Waals surface area contributed by atoms with Crippen molar-refractivity contribution in [3.8, 4) is 11.3 Å². The van der Waals surface area contributed by atoms with Crippen molar-refractivity contribution in [3.05, 3.63) is 101 Å². The van der Waals surface area contributed by atoms with Crippen molar-refractivity contribution >= 4 is 17.5 Å². The monoisotopic (exact) mass is 410 g/mol. The van der Waals surface area contributed by atoms with Crippen molar-refractivity contribution in [1.82, 2.24) is 10.1 Å². The Morgan fingerprint density at radius 1 is 1.03 bits per heavy atom. The number of hydrogen-bond donors (Lipinski definition) is 0. The lowest BCUT2D eigenvalue weighted by atomic mass is 10.1. The molecule has 0 radical (unpaired) electrons. The average molecular weight is 411 g/mol. The molecule has 0 aliphatic heterocycles. The van der Waals surface area contributed by atoms with E-state index >= 15 is 0 Å². The van der Waals surface area contributed by atoms with Gasteiger partial charge in [0.25, 0.3) is 5.91 Å². The maximum atomic E-state index is 13.1. The number of hydrogen-bond acceptors (Lipinski definition) is 4. The van der Waals surface area contributed by atoms with Gasteiger partial charge in [0.2, 0.25) is 0 Å². The molecule has 0 saturated heterocycles. The van der Waals surface area contributed by atoms with Gasteiger partial charge in [-0.25, -0.2) is 4.39 Å². The third-order valence-corrected chi connectivity index (χ3v) is 4.60. The van der Waals surface area contributed by atoms with Crippen molar-refractivity contribution in [2.45, 2.75) is 13.1 Å². The van der Waals surface area contributed by atoms with E-state index in [2.05, 4.69) is 5.16 Å². The Morgan fingerprint density at radius 2 is 1.79 bits per heavy atom. The number of rotatable bonds is 6. The molecular weight excluding hydrogens is 395 g/mol. The fourth-order valence-corrected chi connectivity index (χ4v) is 3.02. The van der Waals surface area contributed by atoms with Crippen molar-refractivity contribution in [3.63, 3.8) is 0 Å². The van der Waals surface area contributed by atoms with Gasteiger partial charge in [-0.2, -0.15) is 0 Å². The first-order chi connectivity index (χ1) is 14.1. The molecular formula is C22H16ClFN2O3. The predicted octanol–water partition coefficient (Wildman–Crippen LogP) is 5.57. The summed E-state index contributed by atoms with van der Waals surface area (Å²) >= 11 is 5.93. The molecule has 0 aliphatic rings. The first-order valence-electron chi connectivity index (χ1n) is 8.87. The van der Waals surface area contributed by atoms with Crippen LogP contribution in [0.2, 0.25) is 5.02 Å². The van der Waals surface area contributed by atoms with E-state index in [1.807, 2.05) is 0 Å². The van der Waals surface area contributed by atoms with Gasteiger partial charge in [0.05, 0.1) is 19.4 Å². The van der Waals surface area contributed by atoms with Crippen LogP contribution < -0.4 is 0 Å². The molecule has 4 aromatic rings. The SMILES string of the molecule is O=C(c1ccc(Cl)cc1)N(Cc1cc(-c2ccc(F)cc2)on1)Cc1ccco1. The average Bonchev–Trinajstić information content (AvgIpc) is 3.40. The quantitative estimate of drug-likeness (QED) is 0.417. The maximum absolute atomic E-state index is 13.1. The van der Waals surface area contributed by atoms with Gasteiger partial charge in [0.15, 0.2) is 5.76 Å². The third-order valence-electron chi connectivity index (χ3n) is 4.35. The van der Waals surface area contributed by atoms with Crippen LogP contribution in [0.4, 0.5) is 4.39 Å². The molecule has 2 aromatic heterocycles. The molecule has 0 fully saturated rings. The minimum Gasteiger partial charge on any atom is -0.467 e. The van der Waals surface area contributed by atoms with Crippen LogP contribution >= 0.6 is 11.6 Å². The molecule has 0 spiro atoms. The summed E-state index contributed by atoms with van der Waals surface area (Å²) in [5, 5.41) is 4.62. The van der Waals surface area contributed by atoms with Gasteiger partial charge in [-0.3, -0.25) is 4.79 Å². The summed E-state index contributed by atoms with van der Waals surface area (Å²) in [6, 6.07) is 17.9. The molecule has 0 unspecified atom stereocenters. The molecule has 146 valence electrons. The fourth-order valence-electron chi connectivity index (χ4n) is 2.90. The molecule has 2 aromatic carbocycles. The molecule has 7 heteroatoms. The molecule has 5 nitrogen and oxygen atoms in total. The zero-order chi connectivity index (χ0) is 20.2. The topological polar surface area (TPSA) is 59.5 Å². The number of nitrogens with zero attached hydrogens (tertiary/aromatic N) is 2.